The van der Waals surface area contributed by atoms with Crippen LogP contribution >= 0.6 is 0 Å². The lowest BCUT2D eigenvalue weighted by Crippen LogP contribution is -2.32. The first kappa shape index (κ1) is 15.0. The number of likely N-dealkylation sites (tertiary alicyclic amines) is 1. The maximum absolute atomic E-state index is 12.9. The quantitative estimate of drug-likeness (QED) is 0.875. The van der Waals surface area contributed by atoms with Gasteiger partial charge in [-0.25, -0.2) is 9.67 Å². The number of aryl methyl sites for hydroxylation is 2. The van der Waals surface area contributed by atoms with E-state index in [4.69, 9.17) is 0 Å². The maximum Gasteiger partial charge on any atom is 0.254 e. The van der Waals surface area contributed by atoms with Gasteiger partial charge in [-0.15, -0.1) is 0 Å². The summed E-state index contributed by atoms with van der Waals surface area (Å²) >= 11 is 0. The van der Waals surface area contributed by atoms with E-state index in [0.717, 1.165) is 61.2 Å². The number of carbonyl (C=O) groups is 1. The standard InChI is InChI=1S/C17H24N4O/c1-3-8-21-16-15(12-18-21)14(11-13(2)19-16)17(22)20-9-6-4-5-7-10-20/h11-12H,3-10H2,1-2H3. The van der Waals surface area contributed by atoms with Gasteiger partial charge in [0.25, 0.3) is 5.91 Å². The van der Waals surface area contributed by atoms with Crippen molar-refractivity contribution >= 4 is 16.9 Å². The number of nitrogens with zero attached hydrogens (tertiary/aromatic N) is 4. The zero-order valence-electron chi connectivity index (χ0n) is 13.5. The summed E-state index contributed by atoms with van der Waals surface area (Å²) in [4.78, 5) is 19.5. The minimum Gasteiger partial charge on any atom is -0.339 e. The number of hydrogen-bond acceptors (Lipinski definition) is 3. The van der Waals surface area contributed by atoms with Gasteiger partial charge >= 0.3 is 0 Å². The molecule has 118 valence electrons. The summed E-state index contributed by atoms with van der Waals surface area (Å²) in [5, 5.41) is 5.30. The van der Waals surface area contributed by atoms with Crippen LogP contribution in [-0.4, -0.2) is 38.7 Å². The van der Waals surface area contributed by atoms with Crippen molar-refractivity contribution < 1.29 is 4.79 Å². The van der Waals surface area contributed by atoms with Crippen molar-refractivity contribution in [2.75, 3.05) is 13.1 Å². The van der Waals surface area contributed by atoms with Gasteiger partial charge < -0.3 is 4.90 Å². The fourth-order valence-corrected chi connectivity index (χ4v) is 3.17. The van der Waals surface area contributed by atoms with Crippen molar-refractivity contribution in [3.8, 4) is 0 Å². The van der Waals surface area contributed by atoms with Crippen LogP contribution in [0.1, 0.15) is 55.1 Å². The second kappa shape index (κ2) is 6.46. The molecular formula is C17H24N4O. The Labute approximate surface area is 131 Å². The molecule has 2 aromatic heterocycles. The molecule has 0 unspecified atom stereocenters. The normalized spacial score (nSPS) is 16.0. The fraction of sp³-hybridized carbons (Fsp3) is 0.588. The van der Waals surface area contributed by atoms with Crippen LogP contribution < -0.4 is 0 Å². The van der Waals surface area contributed by atoms with Crippen molar-refractivity contribution in [3.05, 3.63) is 23.5 Å². The van der Waals surface area contributed by atoms with Crippen LogP contribution in [0.25, 0.3) is 11.0 Å². The number of amides is 1. The molecule has 0 atom stereocenters. The van der Waals surface area contributed by atoms with Crippen molar-refractivity contribution in [2.24, 2.45) is 0 Å². The monoisotopic (exact) mass is 300 g/mol. The van der Waals surface area contributed by atoms with Gasteiger partial charge in [-0.05, 0) is 32.3 Å². The zero-order valence-corrected chi connectivity index (χ0v) is 13.5. The molecule has 3 rings (SSSR count). The molecule has 1 amide bonds. The van der Waals surface area contributed by atoms with Gasteiger partial charge in [0, 0.05) is 25.3 Å². The Morgan fingerprint density at radius 2 is 1.95 bits per heavy atom. The zero-order chi connectivity index (χ0) is 15.5. The molecule has 3 heterocycles. The van der Waals surface area contributed by atoms with Crippen LogP contribution in [0, 0.1) is 6.92 Å². The molecule has 0 aliphatic carbocycles. The van der Waals surface area contributed by atoms with Crippen LogP contribution in [0.3, 0.4) is 0 Å². The van der Waals surface area contributed by atoms with Crippen LogP contribution in [-0.2, 0) is 6.54 Å². The lowest BCUT2D eigenvalue weighted by Gasteiger charge is -2.20. The van der Waals surface area contributed by atoms with E-state index in [2.05, 4.69) is 17.0 Å². The average molecular weight is 300 g/mol. The molecule has 1 aliphatic heterocycles. The van der Waals surface area contributed by atoms with Crippen molar-refractivity contribution in [1.29, 1.82) is 0 Å². The summed E-state index contributed by atoms with van der Waals surface area (Å²) in [6.45, 7) is 6.63. The molecular weight excluding hydrogens is 276 g/mol. The molecule has 1 aliphatic rings. The Kier molecular flexibility index (Phi) is 4.41. The van der Waals surface area contributed by atoms with Crippen molar-refractivity contribution in [3.63, 3.8) is 0 Å². The maximum atomic E-state index is 12.9. The molecule has 1 saturated heterocycles. The Balaban J connectivity index is 2.00. The summed E-state index contributed by atoms with van der Waals surface area (Å²) in [6.07, 6.45) is 7.46. The Morgan fingerprint density at radius 3 is 2.64 bits per heavy atom. The molecule has 0 spiro atoms. The number of hydrogen-bond donors (Lipinski definition) is 0. The smallest absolute Gasteiger partial charge is 0.254 e. The first-order valence-corrected chi connectivity index (χ1v) is 8.33. The van der Waals surface area contributed by atoms with Gasteiger partial charge in [-0.3, -0.25) is 4.79 Å². The number of carbonyl (C=O) groups excluding carboxylic acids is 1. The van der Waals surface area contributed by atoms with Gasteiger partial charge in [-0.2, -0.15) is 5.10 Å². The van der Waals surface area contributed by atoms with E-state index in [-0.39, 0.29) is 5.91 Å². The number of fused-ring (bicyclic) bond motifs is 1. The Bertz CT molecular complexity index is 669. The first-order valence-electron chi connectivity index (χ1n) is 8.33. The molecule has 0 aromatic carbocycles. The van der Waals surface area contributed by atoms with Gasteiger partial charge in [0.1, 0.15) is 0 Å². The predicted octanol–water partition coefficient (Wildman–Crippen LogP) is 3.17. The van der Waals surface area contributed by atoms with E-state index in [0.29, 0.717) is 0 Å². The molecule has 0 N–H and O–H groups in total. The highest BCUT2D eigenvalue weighted by atomic mass is 16.2. The van der Waals surface area contributed by atoms with Crippen LogP contribution in [0.4, 0.5) is 0 Å². The van der Waals surface area contributed by atoms with E-state index in [1.807, 2.05) is 22.6 Å². The summed E-state index contributed by atoms with van der Waals surface area (Å²) in [5.41, 5.74) is 2.47. The van der Waals surface area contributed by atoms with Crippen LogP contribution in [0.15, 0.2) is 12.3 Å². The van der Waals surface area contributed by atoms with Gasteiger partial charge in [-0.1, -0.05) is 19.8 Å². The SMILES string of the molecule is CCCn1ncc2c(C(=O)N3CCCCCC3)cc(C)nc21. The first-order chi connectivity index (χ1) is 10.7. The lowest BCUT2D eigenvalue weighted by atomic mass is 10.1. The molecule has 2 aromatic rings. The second-order valence-corrected chi connectivity index (χ2v) is 6.12. The molecule has 0 saturated carbocycles. The molecule has 5 nitrogen and oxygen atoms in total. The van der Waals surface area contributed by atoms with Crippen molar-refractivity contribution in [2.45, 2.75) is 52.5 Å². The lowest BCUT2D eigenvalue weighted by molar-refractivity contribution is 0.0763. The summed E-state index contributed by atoms with van der Waals surface area (Å²) < 4.78 is 1.90. The Hall–Kier alpha value is -1.91. The fourth-order valence-electron chi connectivity index (χ4n) is 3.17. The number of rotatable bonds is 3. The topological polar surface area (TPSA) is 51.0 Å². The molecule has 0 bridgehead atoms. The third-order valence-electron chi connectivity index (χ3n) is 4.30. The number of aromatic nitrogens is 3. The van der Waals surface area contributed by atoms with E-state index in [1.165, 1.54) is 12.8 Å². The van der Waals surface area contributed by atoms with Crippen molar-refractivity contribution in [1.82, 2.24) is 19.7 Å². The van der Waals surface area contributed by atoms with Gasteiger partial charge in [0.15, 0.2) is 5.65 Å². The minimum absolute atomic E-state index is 0.133. The van der Waals surface area contributed by atoms with E-state index >= 15 is 0 Å². The van der Waals surface area contributed by atoms with E-state index < -0.39 is 0 Å². The number of pyridine rings is 1. The summed E-state index contributed by atoms with van der Waals surface area (Å²) in [5.74, 6) is 0.133. The van der Waals surface area contributed by atoms with E-state index in [9.17, 15) is 4.79 Å². The molecule has 22 heavy (non-hydrogen) atoms. The summed E-state index contributed by atoms with van der Waals surface area (Å²) in [7, 11) is 0. The van der Waals surface area contributed by atoms with Crippen LogP contribution in [0.2, 0.25) is 0 Å². The highest BCUT2D eigenvalue weighted by molar-refractivity contribution is 6.05. The Morgan fingerprint density at radius 1 is 1.23 bits per heavy atom. The largest absolute Gasteiger partial charge is 0.339 e. The average Bonchev–Trinajstić information content (AvgIpc) is 2.75. The third kappa shape index (κ3) is 2.85. The molecule has 5 heteroatoms. The highest BCUT2D eigenvalue weighted by Gasteiger charge is 2.21. The molecule has 0 radical (unpaired) electrons. The molecule has 1 fully saturated rings. The summed E-state index contributed by atoms with van der Waals surface area (Å²) in [6, 6.07) is 1.91. The third-order valence-corrected chi connectivity index (χ3v) is 4.30. The van der Waals surface area contributed by atoms with Crippen LogP contribution in [0.5, 0.6) is 0 Å². The predicted molar refractivity (Wildman–Crippen MR) is 86.9 cm³/mol. The van der Waals surface area contributed by atoms with Gasteiger partial charge in [0.05, 0.1) is 17.1 Å². The van der Waals surface area contributed by atoms with E-state index in [1.54, 1.807) is 6.20 Å². The van der Waals surface area contributed by atoms with Gasteiger partial charge in [0.2, 0.25) is 0 Å². The second-order valence-electron chi connectivity index (χ2n) is 6.12. The highest BCUT2D eigenvalue weighted by Crippen LogP contribution is 2.22. The minimum atomic E-state index is 0.133.